The molecule has 6 nitrogen and oxygen atoms in total. The Bertz CT molecular complexity index is 1700. The molecule has 0 radical (unpaired) electrons. The molecule has 0 aliphatic carbocycles. The third-order valence-corrected chi connectivity index (χ3v) is 9.67. The molecule has 1 aliphatic rings. The molecule has 0 N–H and O–H groups in total. The van der Waals surface area contributed by atoms with Gasteiger partial charge in [-0.3, -0.25) is 19.1 Å². The van der Waals surface area contributed by atoms with Crippen LogP contribution in [-0.2, 0) is 35.5 Å². The molecule has 214 valence electrons. The lowest BCUT2D eigenvalue weighted by molar-refractivity contribution is -0.115. The lowest BCUT2D eigenvalue weighted by Gasteiger charge is -2.26. The minimum atomic E-state index is -0.0833. The fourth-order valence-corrected chi connectivity index (χ4v) is 7.38. The molecule has 0 spiro atoms. The molecule has 0 saturated heterocycles. The van der Waals surface area contributed by atoms with E-state index in [0.717, 1.165) is 38.6 Å². The Hall–Kier alpha value is -3.72. The Balaban J connectivity index is 1.35. The second-order valence-corrected chi connectivity index (χ2v) is 12.8. The highest BCUT2D eigenvalue weighted by molar-refractivity contribution is 7.99. The first kappa shape index (κ1) is 28.4. The molecule has 1 unspecified atom stereocenters. The summed E-state index contributed by atoms with van der Waals surface area (Å²) in [6, 6.07) is 29.4. The van der Waals surface area contributed by atoms with Crippen molar-refractivity contribution >= 4 is 50.6 Å². The monoisotopic (exact) mass is 595 g/mol. The molecule has 0 fully saturated rings. The molecule has 5 aromatic rings. The van der Waals surface area contributed by atoms with Crippen LogP contribution in [-0.4, -0.2) is 27.3 Å². The van der Waals surface area contributed by atoms with Gasteiger partial charge in [0.25, 0.3) is 5.56 Å². The number of amides is 1. The number of para-hydroxylation sites is 2. The molecule has 3 aromatic carbocycles. The molecular formula is C34H33N3O3S2. The van der Waals surface area contributed by atoms with Gasteiger partial charge in [0.15, 0.2) is 5.16 Å². The normalized spacial score (nSPS) is 14.7. The van der Waals surface area contributed by atoms with Crippen LogP contribution in [0.1, 0.15) is 29.9 Å². The van der Waals surface area contributed by atoms with Crippen LogP contribution in [0.2, 0.25) is 0 Å². The van der Waals surface area contributed by atoms with E-state index in [1.165, 1.54) is 11.8 Å². The number of rotatable bonds is 9. The van der Waals surface area contributed by atoms with Crippen LogP contribution >= 0.6 is 23.1 Å². The van der Waals surface area contributed by atoms with Gasteiger partial charge >= 0.3 is 0 Å². The van der Waals surface area contributed by atoms with E-state index in [9.17, 15) is 9.59 Å². The van der Waals surface area contributed by atoms with E-state index in [-0.39, 0.29) is 23.3 Å². The molecule has 42 heavy (non-hydrogen) atoms. The van der Waals surface area contributed by atoms with Crippen molar-refractivity contribution in [2.75, 3.05) is 10.7 Å². The number of nitrogens with zero attached hydrogens (tertiary/aromatic N) is 3. The maximum Gasteiger partial charge on any atom is 0.263 e. The first-order valence-electron chi connectivity index (χ1n) is 14.3. The van der Waals surface area contributed by atoms with Crippen LogP contribution in [0.25, 0.3) is 10.2 Å². The molecule has 1 aliphatic heterocycles. The average molecular weight is 596 g/mol. The van der Waals surface area contributed by atoms with Crippen molar-refractivity contribution in [1.82, 2.24) is 9.55 Å². The number of thioether (sulfide) groups is 1. The topological polar surface area (TPSA) is 64.4 Å². The predicted octanol–water partition coefficient (Wildman–Crippen LogP) is 7.26. The molecule has 0 saturated carbocycles. The van der Waals surface area contributed by atoms with Crippen molar-refractivity contribution in [3.8, 4) is 0 Å². The fraction of sp³-hybridized carbons (Fsp3) is 0.265. The van der Waals surface area contributed by atoms with Crippen molar-refractivity contribution < 1.29 is 9.53 Å². The fourth-order valence-electron chi connectivity index (χ4n) is 5.34. The minimum absolute atomic E-state index is 0.0317. The second kappa shape index (κ2) is 12.7. The van der Waals surface area contributed by atoms with Crippen molar-refractivity contribution in [1.29, 1.82) is 0 Å². The molecule has 3 heterocycles. The molecule has 1 atom stereocenters. The van der Waals surface area contributed by atoms with Crippen LogP contribution < -0.4 is 10.5 Å². The van der Waals surface area contributed by atoms with Gasteiger partial charge in [-0.15, -0.1) is 11.3 Å². The van der Waals surface area contributed by atoms with Gasteiger partial charge in [-0.1, -0.05) is 92.3 Å². The summed E-state index contributed by atoms with van der Waals surface area (Å²) in [5, 5.41) is 1.28. The molecule has 0 bridgehead atoms. The van der Waals surface area contributed by atoms with Gasteiger partial charge in [0, 0.05) is 29.2 Å². The Morgan fingerprint density at radius 1 is 1.00 bits per heavy atom. The number of hydrogen-bond acceptors (Lipinski definition) is 6. The minimum Gasteiger partial charge on any atom is -0.372 e. The van der Waals surface area contributed by atoms with E-state index >= 15 is 0 Å². The summed E-state index contributed by atoms with van der Waals surface area (Å²) in [4.78, 5) is 36.5. The Morgan fingerprint density at radius 3 is 2.24 bits per heavy atom. The predicted molar refractivity (Wildman–Crippen MR) is 172 cm³/mol. The van der Waals surface area contributed by atoms with Crippen LogP contribution in [0.3, 0.4) is 0 Å². The summed E-state index contributed by atoms with van der Waals surface area (Å²) in [5.41, 5.74) is 3.79. The smallest absolute Gasteiger partial charge is 0.263 e. The summed E-state index contributed by atoms with van der Waals surface area (Å²) in [6.45, 7) is 5.30. The summed E-state index contributed by atoms with van der Waals surface area (Å²) >= 11 is 2.87. The van der Waals surface area contributed by atoms with Crippen molar-refractivity contribution in [2.24, 2.45) is 5.92 Å². The third-order valence-electron chi connectivity index (χ3n) is 7.61. The number of thiophene rings is 1. The second-order valence-electron chi connectivity index (χ2n) is 10.8. The zero-order valence-corrected chi connectivity index (χ0v) is 25.4. The highest BCUT2D eigenvalue weighted by Gasteiger charge is 2.29. The standard InChI is InChI=1S/C34H33N3O3S2/c1-23(2)28-20-27-29(21-40-28)42-32-31(27)33(39)36(19-18-24-12-6-3-7-13-24)34(35-32)41-22-30(38)37(25-14-8-4-9-15-25)26-16-10-5-11-17-26/h3-17,23,28H,18-22H2,1-2H3. The van der Waals surface area contributed by atoms with Crippen LogP contribution in [0.4, 0.5) is 11.4 Å². The van der Waals surface area contributed by atoms with Crippen LogP contribution in [0.5, 0.6) is 0 Å². The van der Waals surface area contributed by atoms with Gasteiger partial charge in [-0.2, -0.15) is 0 Å². The SMILES string of the molecule is CC(C)C1Cc2c(sc3nc(SCC(=O)N(c4ccccc4)c4ccccc4)n(CCc4ccccc4)c(=O)c23)CO1. The number of fused-ring (bicyclic) bond motifs is 3. The van der Waals surface area contributed by atoms with Crippen LogP contribution in [0, 0.1) is 5.92 Å². The van der Waals surface area contributed by atoms with E-state index in [2.05, 4.69) is 26.0 Å². The number of anilines is 2. The summed E-state index contributed by atoms with van der Waals surface area (Å²) in [5.74, 6) is 0.413. The van der Waals surface area contributed by atoms with Crippen molar-refractivity contribution in [2.45, 2.75) is 51.1 Å². The zero-order chi connectivity index (χ0) is 29.1. The van der Waals surface area contributed by atoms with Crippen molar-refractivity contribution in [3.63, 3.8) is 0 Å². The highest BCUT2D eigenvalue weighted by Crippen LogP contribution is 2.36. The maximum absolute atomic E-state index is 14.2. The molecule has 1 amide bonds. The van der Waals surface area contributed by atoms with Crippen LogP contribution in [0.15, 0.2) is 101 Å². The van der Waals surface area contributed by atoms with Gasteiger partial charge < -0.3 is 4.74 Å². The third kappa shape index (κ3) is 5.93. The van der Waals surface area contributed by atoms with E-state index in [4.69, 9.17) is 9.72 Å². The van der Waals surface area contributed by atoms with E-state index < -0.39 is 0 Å². The lowest BCUT2D eigenvalue weighted by Crippen LogP contribution is -2.30. The van der Waals surface area contributed by atoms with E-state index in [0.29, 0.717) is 36.0 Å². The highest BCUT2D eigenvalue weighted by atomic mass is 32.2. The summed E-state index contributed by atoms with van der Waals surface area (Å²) in [6.07, 6.45) is 1.50. The number of carbonyl (C=O) groups is 1. The molecule has 2 aromatic heterocycles. The Kier molecular flexibility index (Phi) is 8.55. The molecular weight excluding hydrogens is 563 g/mol. The summed E-state index contributed by atoms with van der Waals surface area (Å²) < 4.78 is 7.88. The first-order valence-corrected chi connectivity index (χ1v) is 16.1. The van der Waals surface area contributed by atoms with Gasteiger partial charge in [0.05, 0.1) is 23.8 Å². The number of ether oxygens (including phenoxy) is 1. The van der Waals surface area contributed by atoms with Gasteiger partial charge in [0.1, 0.15) is 4.83 Å². The van der Waals surface area contributed by atoms with E-state index in [1.54, 1.807) is 20.8 Å². The summed E-state index contributed by atoms with van der Waals surface area (Å²) in [7, 11) is 0. The number of hydrogen-bond donors (Lipinski definition) is 0. The van der Waals surface area contributed by atoms with Gasteiger partial charge in [0.2, 0.25) is 5.91 Å². The Labute approximate surface area is 254 Å². The number of aromatic nitrogens is 2. The first-order chi connectivity index (χ1) is 20.5. The number of carbonyl (C=O) groups excluding carboxylic acids is 1. The molecule has 8 heteroatoms. The number of benzene rings is 3. The maximum atomic E-state index is 14.2. The Morgan fingerprint density at radius 2 is 1.62 bits per heavy atom. The quantitative estimate of drug-likeness (QED) is 0.133. The largest absolute Gasteiger partial charge is 0.372 e. The zero-order valence-electron chi connectivity index (χ0n) is 23.7. The number of aryl methyl sites for hydroxylation is 1. The molecule has 6 rings (SSSR count). The lowest BCUT2D eigenvalue weighted by atomic mass is 9.96. The van der Waals surface area contributed by atoms with E-state index in [1.807, 2.05) is 78.9 Å². The average Bonchev–Trinajstić information content (AvgIpc) is 3.39. The van der Waals surface area contributed by atoms with Gasteiger partial charge in [-0.05, 0) is 47.7 Å². The van der Waals surface area contributed by atoms with Crippen molar-refractivity contribution in [3.05, 3.63) is 117 Å². The van der Waals surface area contributed by atoms with Gasteiger partial charge in [-0.25, -0.2) is 4.98 Å².